The van der Waals surface area contributed by atoms with Crippen molar-refractivity contribution in [2.45, 2.75) is 10.8 Å². The number of sulfonamides is 1. The van der Waals surface area contributed by atoms with Gasteiger partial charge < -0.3 is 14.0 Å². The van der Waals surface area contributed by atoms with Crippen LogP contribution in [0.25, 0.3) is 22.8 Å². The van der Waals surface area contributed by atoms with Crippen molar-refractivity contribution >= 4 is 21.4 Å². The van der Waals surface area contributed by atoms with Gasteiger partial charge in [0.15, 0.2) is 11.5 Å². The number of thiophene rings is 1. The van der Waals surface area contributed by atoms with Crippen molar-refractivity contribution in [3.8, 4) is 34.3 Å². The highest BCUT2D eigenvalue weighted by atomic mass is 32.2. The molecule has 5 rings (SSSR count). The summed E-state index contributed by atoms with van der Waals surface area (Å²) in [7, 11) is -3.75. The first-order valence-corrected chi connectivity index (χ1v) is 11.4. The first kappa shape index (κ1) is 19.7. The zero-order valence-electron chi connectivity index (χ0n) is 15.7. The molecule has 8 nitrogen and oxygen atoms in total. The predicted molar refractivity (Wildman–Crippen MR) is 110 cm³/mol. The third-order valence-electron chi connectivity index (χ3n) is 4.50. The highest BCUT2D eigenvalue weighted by molar-refractivity contribution is 7.91. The molecule has 1 aliphatic heterocycles. The van der Waals surface area contributed by atoms with E-state index in [1.165, 1.54) is 18.2 Å². The molecule has 2 aromatic carbocycles. The van der Waals surface area contributed by atoms with Crippen LogP contribution in [0.2, 0.25) is 0 Å². The molecule has 0 radical (unpaired) electrons. The van der Waals surface area contributed by atoms with Crippen LogP contribution in [0.4, 0.5) is 4.39 Å². The molecule has 0 atom stereocenters. The normalized spacial score (nSPS) is 12.9. The first-order valence-electron chi connectivity index (χ1n) is 9.05. The lowest BCUT2D eigenvalue weighted by Gasteiger charge is -2.05. The number of fused-ring (bicyclic) bond motifs is 1. The fourth-order valence-electron chi connectivity index (χ4n) is 2.96. The van der Waals surface area contributed by atoms with E-state index in [2.05, 4.69) is 14.9 Å². The van der Waals surface area contributed by atoms with Gasteiger partial charge in [0.2, 0.25) is 22.6 Å². The molecule has 4 aromatic rings. The van der Waals surface area contributed by atoms with Gasteiger partial charge in [-0.05, 0) is 35.9 Å². The summed E-state index contributed by atoms with van der Waals surface area (Å²) in [5.41, 5.74) is 1.66. The monoisotopic (exact) mass is 459 g/mol. The highest BCUT2D eigenvalue weighted by Gasteiger charge is 2.21. The summed E-state index contributed by atoms with van der Waals surface area (Å²) in [4.78, 5) is 4.24. The van der Waals surface area contributed by atoms with Crippen LogP contribution >= 0.6 is 11.3 Å². The summed E-state index contributed by atoms with van der Waals surface area (Å²) in [6.07, 6.45) is 0. The molecule has 0 saturated carbocycles. The van der Waals surface area contributed by atoms with Crippen LogP contribution in [0.15, 0.2) is 62.6 Å². The maximum absolute atomic E-state index is 13.4. The largest absolute Gasteiger partial charge is 0.454 e. The van der Waals surface area contributed by atoms with E-state index in [-0.39, 0.29) is 29.3 Å². The number of nitrogens with zero attached hydrogens (tertiary/aromatic N) is 2. The molecule has 0 spiro atoms. The molecule has 0 bridgehead atoms. The summed E-state index contributed by atoms with van der Waals surface area (Å²) < 4.78 is 57.2. The summed E-state index contributed by atoms with van der Waals surface area (Å²) in [6.45, 7) is 0.246. The standard InChI is InChI=1S/C20H14FN3O5S2/c21-15-3-1-2-13(7-15)19-23-20(29-24-19)14-8-18(30-10-14)31(25,26)22-9-12-4-5-16-17(6-12)28-11-27-16/h1-8,10,22H,9,11H2. The van der Waals surface area contributed by atoms with Gasteiger partial charge in [0, 0.05) is 17.5 Å². The van der Waals surface area contributed by atoms with Crippen molar-refractivity contribution in [3.63, 3.8) is 0 Å². The third kappa shape index (κ3) is 4.02. The smallest absolute Gasteiger partial charge is 0.259 e. The van der Waals surface area contributed by atoms with Gasteiger partial charge in [-0.15, -0.1) is 11.3 Å². The van der Waals surface area contributed by atoms with Gasteiger partial charge in [0.05, 0.1) is 5.56 Å². The highest BCUT2D eigenvalue weighted by Crippen LogP contribution is 2.33. The second-order valence-electron chi connectivity index (χ2n) is 6.60. The summed E-state index contributed by atoms with van der Waals surface area (Å²) >= 11 is 1.03. The van der Waals surface area contributed by atoms with Gasteiger partial charge in [0.1, 0.15) is 10.0 Å². The molecular weight excluding hydrogens is 445 g/mol. The summed E-state index contributed by atoms with van der Waals surface area (Å²) in [5.74, 6) is 1.16. The maximum atomic E-state index is 13.4. The van der Waals surface area contributed by atoms with Crippen molar-refractivity contribution in [1.29, 1.82) is 0 Å². The van der Waals surface area contributed by atoms with Crippen LogP contribution in [0.3, 0.4) is 0 Å². The molecular formula is C20H14FN3O5S2. The van der Waals surface area contributed by atoms with E-state index < -0.39 is 15.8 Å². The number of nitrogens with one attached hydrogen (secondary N) is 1. The maximum Gasteiger partial charge on any atom is 0.259 e. The molecule has 0 saturated heterocycles. The molecule has 1 aliphatic rings. The van der Waals surface area contributed by atoms with Crippen molar-refractivity contribution in [3.05, 3.63) is 65.3 Å². The second kappa shape index (κ2) is 7.76. The molecule has 3 heterocycles. The number of ether oxygens (including phenoxy) is 2. The lowest BCUT2D eigenvalue weighted by Crippen LogP contribution is -2.22. The summed E-state index contributed by atoms with van der Waals surface area (Å²) in [6, 6.07) is 12.5. The van der Waals surface area contributed by atoms with E-state index in [1.807, 2.05) is 0 Å². The zero-order chi connectivity index (χ0) is 21.4. The first-order chi connectivity index (χ1) is 15.0. The minimum atomic E-state index is -3.75. The van der Waals surface area contributed by atoms with Crippen LogP contribution in [0.1, 0.15) is 5.56 Å². The lowest BCUT2D eigenvalue weighted by molar-refractivity contribution is 0.174. The second-order valence-corrected chi connectivity index (χ2v) is 9.51. The number of halogens is 1. The van der Waals surface area contributed by atoms with Gasteiger partial charge in [-0.1, -0.05) is 23.4 Å². The van der Waals surface area contributed by atoms with Crippen LogP contribution in [-0.2, 0) is 16.6 Å². The van der Waals surface area contributed by atoms with Crippen LogP contribution < -0.4 is 14.2 Å². The lowest BCUT2D eigenvalue weighted by atomic mass is 10.2. The average molecular weight is 459 g/mol. The molecule has 11 heteroatoms. The predicted octanol–water partition coefficient (Wildman–Crippen LogP) is 3.81. The minimum absolute atomic E-state index is 0.0937. The Kier molecular flexibility index (Phi) is 4.93. The van der Waals surface area contributed by atoms with Crippen molar-refractivity contribution < 1.29 is 26.8 Å². The third-order valence-corrected chi connectivity index (χ3v) is 7.34. The molecule has 0 unspecified atom stereocenters. The van der Waals surface area contributed by atoms with E-state index in [1.54, 1.807) is 35.7 Å². The van der Waals surface area contributed by atoms with E-state index >= 15 is 0 Å². The number of benzene rings is 2. The number of rotatable bonds is 6. The van der Waals surface area contributed by atoms with Gasteiger partial charge in [0.25, 0.3) is 5.89 Å². The van der Waals surface area contributed by atoms with E-state index in [0.29, 0.717) is 22.6 Å². The Labute approximate surface area is 180 Å². The molecule has 31 heavy (non-hydrogen) atoms. The fourth-order valence-corrected chi connectivity index (χ4v) is 5.17. The Morgan fingerprint density at radius 1 is 1.06 bits per heavy atom. The Bertz CT molecular complexity index is 1370. The number of hydrogen-bond acceptors (Lipinski definition) is 8. The van der Waals surface area contributed by atoms with Gasteiger partial charge in [-0.3, -0.25) is 0 Å². The molecule has 0 amide bonds. The zero-order valence-corrected chi connectivity index (χ0v) is 17.4. The van der Waals surface area contributed by atoms with Crippen LogP contribution in [0, 0.1) is 5.82 Å². The van der Waals surface area contributed by atoms with Crippen molar-refractivity contribution in [2.75, 3.05) is 6.79 Å². The minimum Gasteiger partial charge on any atom is -0.454 e. The molecule has 2 aromatic heterocycles. The van der Waals surface area contributed by atoms with Crippen molar-refractivity contribution in [2.24, 2.45) is 0 Å². The summed E-state index contributed by atoms with van der Waals surface area (Å²) in [5, 5.41) is 5.45. The Hall–Kier alpha value is -3.28. The van der Waals surface area contributed by atoms with Gasteiger partial charge >= 0.3 is 0 Å². The molecule has 158 valence electrons. The molecule has 0 aliphatic carbocycles. The Morgan fingerprint density at radius 3 is 2.81 bits per heavy atom. The number of aromatic nitrogens is 2. The topological polar surface area (TPSA) is 104 Å². The SMILES string of the molecule is O=S(=O)(NCc1ccc2c(c1)OCO2)c1cc(-c2nc(-c3cccc(F)c3)no2)cs1. The van der Waals surface area contributed by atoms with Crippen LogP contribution in [0.5, 0.6) is 11.5 Å². The fraction of sp³-hybridized carbons (Fsp3) is 0.100. The quantitative estimate of drug-likeness (QED) is 0.468. The molecule has 1 N–H and O–H groups in total. The van der Waals surface area contributed by atoms with Gasteiger partial charge in [-0.25, -0.2) is 17.5 Å². The Morgan fingerprint density at radius 2 is 1.94 bits per heavy atom. The number of hydrogen-bond donors (Lipinski definition) is 1. The molecule has 0 fully saturated rings. The average Bonchev–Trinajstić information content (AvgIpc) is 3.52. The van der Waals surface area contributed by atoms with E-state index in [9.17, 15) is 12.8 Å². The van der Waals surface area contributed by atoms with Crippen LogP contribution in [-0.4, -0.2) is 25.4 Å². The van der Waals surface area contributed by atoms with E-state index in [0.717, 1.165) is 16.9 Å². The Balaban J connectivity index is 1.31. The van der Waals surface area contributed by atoms with Crippen molar-refractivity contribution in [1.82, 2.24) is 14.9 Å². The van der Waals surface area contributed by atoms with Gasteiger partial charge in [-0.2, -0.15) is 4.98 Å². The van der Waals surface area contributed by atoms with E-state index in [4.69, 9.17) is 14.0 Å².